The van der Waals surface area contributed by atoms with Crippen LogP contribution in [0.25, 0.3) is 0 Å². The molecule has 2 atom stereocenters. The summed E-state index contributed by atoms with van der Waals surface area (Å²) in [5.74, 6) is 0.779. The van der Waals surface area contributed by atoms with E-state index in [0.29, 0.717) is 16.9 Å². The number of guanidine groups is 1. The second-order valence-electron chi connectivity index (χ2n) is 8.78. The molecule has 3 N–H and O–H groups in total. The molecule has 2 aromatic carbocycles. The molecule has 0 bridgehead atoms. The van der Waals surface area contributed by atoms with Crippen LogP contribution in [0.4, 0.5) is 5.69 Å². The van der Waals surface area contributed by atoms with E-state index >= 15 is 0 Å². The first-order valence-corrected chi connectivity index (χ1v) is 11.4. The molecule has 1 heterocycles. The first-order valence-electron chi connectivity index (χ1n) is 11.4. The van der Waals surface area contributed by atoms with Gasteiger partial charge in [-0.3, -0.25) is 5.32 Å². The number of hydrogen-bond acceptors (Lipinski definition) is 5. The predicted octanol–water partition coefficient (Wildman–Crippen LogP) is 4.58. The molecule has 0 fully saturated rings. The first kappa shape index (κ1) is 24.1. The summed E-state index contributed by atoms with van der Waals surface area (Å²) in [6.45, 7) is 7.90. The summed E-state index contributed by atoms with van der Waals surface area (Å²) in [5, 5.41) is 35.5. The third-order valence-corrected chi connectivity index (χ3v) is 5.79. The molecule has 7 heteroatoms. The van der Waals surface area contributed by atoms with Crippen LogP contribution in [-0.4, -0.2) is 22.8 Å². The SMILES string of the molecule is CCCc1ccc(NC(=N[C@H]2c3cc(C#N)ccc3OC(C)(C)[C@@H]2O)NC#N)cc1CCC. The normalized spacial score (nSPS) is 18.9. The second kappa shape index (κ2) is 10.4. The zero-order chi connectivity index (χ0) is 24.0. The van der Waals surface area contributed by atoms with Gasteiger partial charge < -0.3 is 15.2 Å². The fraction of sp³-hybridized carbons (Fsp3) is 0.423. The summed E-state index contributed by atoms with van der Waals surface area (Å²) in [4.78, 5) is 4.68. The summed E-state index contributed by atoms with van der Waals surface area (Å²) in [6, 6.07) is 12.6. The van der Waals surface area contributed by atoms with Gasteiger partial charge in [-0.1, -0.05) is 32.8 Å². The number of nitriles is 2. The average molecular weight is 446 g/mol. The highest BCUT2D eigenvalue weighted by atomic mass is 16.5. The van der Waals surface area contributed by atoms with Gasteiger partial charge in [0.2, 0.25) is 5.96 Å². The van der Waals surface area contributed by atoms with E-state index in [1.54, 1.807) is 32.0 Å². The molecule has 1 aliphatic rings. The fourth-order valence-electron chi connectivity index (χ4n) is 4.12. The zero-order valence-electron chi connectivity index (χ0n) is 19.6. The van der Waals surface area contributed by atoms with E-state index in [0.717, 1.165) is 31.4 Å². The van der Waals surface area contributed by atoms with Crippen LogP contribution in [0.1, 0.15) is 68.8 Å². The Morgan fingerprint density at radius 1 is 1.09 bits per heavy atom. The standard InChI is InChI=1S/C26H31N5O2/c1-5-7-18-10-11-20(14-19(18)8-6-2)30-25(29-16-28)31-23-21-13-17(15-27)9-12-22(21)33-26(3,4)24(23)32/h9-14,23-24,32H,5-8H2,1-4H3,(H2,29,30,31)/t23-,24+/m0/s1. The molecule has 0 aromatic heterocycles. The highest BCUT2D eigenvalue weighted by Crippen LogP contribution is 2.42. The molecule has 3 rings (SSSR count). The summed E-state index contributed by atoms with van der Waals surface area (Å²) in [5.41, 5.74) is 3.57. The number of aliphatic hydroxyl groups excluding tert-OH is 1. The van der Waals surface area contributed by atoms with Crippen LogP contribution in [0.2, 0.25) is 0 Å². The van der Waals surface area contributed by atoms with Crippen molar-refractivity contribution in [1.82, 2.24) is 5.32 Å². The van der Waals surface area contributed by atoms with E-state index in [1.165, 1.54) is 11.1 Å². The molecule has 0 aliphatic carbocycles. The molecule has 0 saturated carbocycles. The summed E-state index contributed by atoms with van der Waals surface area (Å²) < 4.78 is 5.97. The van der Waals surface area contributed by atoms with E-state index in [4.69, 9.17) is 4.74 Å². The lowest BCUT2D eigenvalue weighted by molar-refractivity contribution is -0.0567. The van der Waals surface area contributed by atoms with Crippen molar-refractivity contribution in [3.63, 3.8) is 0 Å². The Hall–Kier alpha value is -3.55. The molecular formula is C26H31N5O2. The van der Waals surface area contributed by atoms with E-state index < -0.39 is 17.7 Å². The van der Waals surface area contributed by atoms with Gasteiger partial charge in [0.05, 0.1) is 11.6 Å². The van der Waals surface area contributed by atoms with Gasteiger partial charge in [-0.15, -0.1) is 0 Å². The van der Waals surface area contributed by atoms with Crippen LogP contribution in [-0.2, 0) is 12.8 Å². The van der Waals surface area contributed by atoms with Crippen molar-refractivity contribution in [3.8, 4) is 18.0 Å². The smallest absolute Gasteiger partial charge is 0.209 e. The van der Waals surface area contributed by atoms with Crippen molar-refractivity contribution in [3.05, 3.63) is 58.7 Å². The third kappa shape index (κ3) is 5.45. The molecular weight excluding hydrogens is 414 g/mol. The Kier molecular flexibility index (Phi) is 7.58. The third-order valence-electron chi connectivity index (χ3n) is 5.79. The lowest BCUT2D eigenvalue weighted by Gasteiger charge is -2.40. The Bertz CT molecular complexity index is 1110. The maximum atomic E-state index is 11.0. The molecule has 0 unspecified atom stereocenters. The first-order chi connectivity index (χ1) is 15.8. The van der Waals surface area contributed by atoms with E-state index in [1.807, 2.05) is 12.3 Å². The molecule has 2 aromatic rings. The highest BCUT2D eigenvalue weighted by Gasteiger charge is 2.43. The van der Waals surface area contributed by atoms with Crippen molar-refractivity contribution >= 4 is 11.6 Å². The minimum atomic E-state index is -0.987. The number of aliphatic imine (C=N–C) groups is 1. The predicted molar refractivity (Wildman–Crippen MR) is 129 cm³/mol. The number of benzene rings is 2. The largest absolute Gasteiger partial charge is 0.485 e. The van der Waals surface area contributed by atoms with Gasteiger partial charge in [-0.05, 0) is 68.1 Å². The van der Waals surface area contributed by atoms with Crippen LogP contribution >= 0.6 is 0 Å². The fourth-order valence-corrected chi connectivity index (χ4v) is 4.12. The summed E-state index contributed by atoms with van der Waals surface area (Å²) in [7, 11) is 0. The van der Waals surface area contributed by atoms with E-state index in [2.05, 4.69) is 47.7 Å². The number of fused-ring (bicyclic) bond motifs is 1. The van der Waals surface area contributed by atoms with Crippen LogP contribution in [0.3, 0.4) is 0 Å². The maximum absolute atomic E-state index is 11.0. The number of aliphatic hydroxyl groups is 1. The van der Waals surface area contributed by atoms with Crippen LogP contribution in [0.15, 0.2) is 41.4 Å². The van der Waals surface area contributed by atoms with Crippen LogP contribution in [0, 0.1) is 22.8 Å². The topological polar surface area (TPSA) is 113 Å². The molecule has 172 valence electrons. The number of hydrogen-bond donors (Lipinski definition) is 3. The van der Waals surface area contributed by atoms with E-state index in [9.17, 15) is 15.6 Å². The molecule has 0 radical (unpaired) electrons. The van der Waals surface area contributed by atoms with Gasteiger partial charge in [-0.25, -0.2) is 4.99 Å². The number of anilines is 1. The maximum Gasteiger partial charge on any atom is 0.209 e. The second-order valence-corrected chi connectivity index (χ2v) is 8.78. The monoisotopic (exact) mass is 445 g/mol. The molecule has 0 spiro atoms. The van der Waals surface area contributed by atoms with Crippen LogP contribution in [0.5, 0.6) is 5.75 Å². The van der Waals surface area contributed by atoms with Gasteiger partial charge in [0.15, 0.2) is 6.19 Å². The van der Waals surface area contributed by atoms with Gasteiger partial charge in [0.25, 0.3) is 0 Å². The summed E-state index contributed by atoms with van der Waals surface area (Å²) >= 11 is 0. The number of nitrogens with zero attached hydrogens (tertiary/aromatic N) is 3. The van der Waals surface area contributed by atoms with Crippen molar-refractivity contribution in [2.75, 3.05) is 5.32 Å². The van der Waals surface area contributed by atoms with Gasteiger partial charge in [0, 0.05) is 11.3 Å². The Labute approximate surface area is 195 Å². The average Bonchev–Trinajstić information content (AvgIpc) is 2.78. The van der Waals surface area contributed by atoms with Gasteiger partial charge >= 0.3 is 0 Å². The van der Waals surface area contributed by atoms with Gasteiger partial charge in [-0.2, -0.15) is 10.5 Å². The lowest BCUT2D eigenvalue weighted by atomic mass is 9.86. The highest BCUT2D eigenvalue weighted by molar-refractivity contribution is 5.95. The zero-order valence-corrected chi connectivity index (χ0v) is 19.6. The molecule has 33 heavy (non-hydrogen) atoms. The Morgan fingerprint density at radius 2 is 1.82 bits per heavy atom. The van der Waals surface area contributed by atoms with E-state index in [-0.39, 0.29) is 5.96 Å². The number of aryl methyl sites for hydroxylation is 2. The number of nitrogens with one attached hydrogen (secondary N) is 2. The molecule has 1 aliphatic heterocycles. The lowest BCUT2D eigenvalue weighted by Crippen LogP contribution is -2.49. The van der Waals surface area contributed by atoms with Crippen molar-refractivity contribution in [2.24, 2.45) is 4.99 Å². The van der Waals surface area contributed by atoms with Crippen molar-refractivity contribution < 1.29 is 9.84 Å². The van der Waals surface area contributed by atoms with Crippen LogP contribution < -0.4 is 15.4 Å². The molecule has 0 saturated heterocycles. The summed E-state index contributed by atoms with van der Waals surface area (Å²) in [6.07, 6.45) is 5.05. The quantitative estimate of drug-likeness (QED) is 0.260. The number of ether oxygens (including phenoxy) is 1. The Morgan fingerprint density at radius 3 is 2.48 bits per heavy atom. The van der Waals surface area contributed by atoms with Gasteiger partial charge in [0.1, 0.15) is 23.5 Å². The minimum Gasteiger partial charge on any atom is -0.485 e. The van der Waals surface area contributed by atoms with Crippen molar-refractivity contribution in [2.45, 2.75) is 71.1 Å². The Balaban J connectivity index is 2.01. The number of rotatable bonds is 6. The molecule has 0 amide bonds. The molecule has 7 nitrogen and oxygen atoms in total. The minimum absolute atomic E-state index is 0.221. The van der Waals surface area contributed by atoms with Crippen molar-refractivity contribution in [1.29, 1.82) is 10.5 Å².